The number of alkyl halides is 3. The summed E-state index contributed by atoms with van der Waals surface area (Å²) in [7, 11) is 0. The minimum Gasteiger partial charge on any atom is -0.386 e. The standard InChI is InChI=1S/C14H19F3N2O2S/c15-14(16,17)9-3-1-4-10(7-9)19-13(21)18-8-11(20)12-5-2-6-22-12/h2,5-6,9-11,20H,1,3-4,7-8H2,(H2,18,19,21)/t9-,10+,11-/m0/s1. The van der Waals surface area contributed by atoms with Crippen molar-refractivity contribution in [2.24, 2.45) is 5.92 Å². The van der Waals surface area contributed by atoms with E-state index in [1.54, 1.807) is 12.1 Å². The molecular weight excluding hydrogens is 317 g/mol. The molecule has 2 amide bonds. The first kappa shape index (κ1) is 17.1. The Balaban J connectivity index is 1.75. The molecule has 1 saturated carbocycles. The van der Waals surface area contributed by atoms with Crippen molar-refractivity contribution in [2.75, 3.05) is 6.54 Å². The van der Waals surface area contributed by atoms with Crippen LogP contribution >= 0.6 is 11.3 Å². The van der Waals surface area contributed by atoms with Crippen LogP contribution in [0.5, 0.6) is 0 Å². The van der Waals surface area contributed by atoms with Crippen molar-refractivity contribution in [3.05, 3.63) is 22.4 Å². The summed E-state index contributed by atoms with van der Waals surface area (Å²) >= 11 is 1.37. The van der Waals surface area contributed by atoms with Gasteiger partial charge in [0.15, 0.2) is 0 Å². The van der Waals surface area contributed by atoms with Gasteiger partial charge in [0.25, 0.3) is 0 Å². The van der Waals surface area contributed by atoms with Crippen LogP contribution in [0.3, 0.4) is 0 Å². The van der Waals surface area contributed by atoms with Crippen LogP contribution in [0.15, 0.2) is 17.5 Å². The third kappa shape index (κ3) is 4.88. The zero-order chi connectivity index (χ0) is 16.2. The summed E-state index contributed by atoms with van der Waals surface area (Å²) in [5.74, 6) is -1.34. The number of halogens is 3. The molecular formula is C14H19F3N2O2S. The molecule has 124 valence electrons. The lowest BCUT2D eigenvalue weighted by Crippen LogP contribution is -2.46. The van der Waals surface area contributed by atoms with Gasteiger partial charge in [0.2, 0.25) is 0 Å². The van der Waals surface area contributed by atoms with Gasteiger partial charge in [-0.05, 0) is 30.7 Å². The van der Waals surface area contributed by atoms with Gasteiger partial charge in [0.1, 0.15) is 6.10 Å². The fourth-order valence-electron chi connectivity index (χ4n) is 2.63. The second kappa shape index (κ2) is 7.32. The van der Waals surface area contributed by atoms with Crippen LogP contribution in [0.1, 0.15) is 36.7 Å². The Hall–Kier alpha value is -1.28. The molecule has 3 atom stereocenters. The summed E-state index contributed by atoms with van der Waals surface area (Å²) in [5, 5.41) is 16.7. The number of hydrogen-bond donors (Lipinski definition) is 3. The first-order valence-electron chi connectivity index (χ1n) is 7.19. The number of carbonyl (C=O) groups excluding carboxylic acids is 1. The normalized spacial score (nSPS) is 23.8. The van der Waals surface area contributed by atoms with Gasteiger partial charge in [-0.25, -0.2) is 4.79 Å². The zero-order valence-corrected chi connectivity index (χ0v) is 12.7. The topological polar surface area (TPSA) is 61.4 Å². The third-order valence-corrected chi connectivity index (χ3v) is 4.77. The molecule has 1 aromatic heterocycles. The van der Waals surface area contributed by atoms with E-state index < -0.39 is 30.3 Å². The Morgan fingerprint density at radius 3 is 2.86 bits per heavy atom. The molecule has 0 unspecified atom stereocenters. The molecule has 3 N–H and O–H groups in total. The summed E-state index contributed by atoms with van der Waals surface area (Å²) in [6.45, 7) is 0.0295. The Labute approximate surface area is 130 Å². The van der Waals surface area contributed by atoms with Crippen LogP contribution in [-0.4, -0.2) is 29.9 Å². The van der Waals surface area contributed by atoms with Gasteiger partial charge in [0.05, 0.1) is 12.5 Å². The molecule has 0 radical (unpaired) electrons. The van der Waals surface area contributed by atoms with Gasteiger partial charge < -0.3 is 15.7 Å². The van der Waals surface area contributed by atoms with Crippen LogP contribution in [-0.2, 0) is 0 Å². The predicted molar refractivity (Wildman–Crippen MR) is 77.6 cm³/mol. The van der Waals surface area contributed by atoms with Crippen molar-refractivity contribution in [2.45, 2.75) is 44.0 Å². The number of thiophene rings is 1. The van der Waals surface area contributed by atoms with Crippen LogP contribution < -0.4 is 10.6 Å². The molecule has 0 spiro atoms. The average Bonchev–Trinajstić information content (AvgIpc) is 2.98. The van der Waals surface area contributed by atoms with Crippen LogP contribution in [0, 0.1) is 5.92 Å². The molecule has 0 aromatic carbocycles. The summed E-state index contributed by atoms with van der Waals surface area (Å²) < 4.78 is 38.1. The van der Waals surface area contributed by atoms with Crippen molar-refractivity contribution in [1.29, 1.82) is 0 Å². The highest BCUT2D eigenvalue weighted by molar-refractivity contribution is 7.10. The van der Waals surface area contributed by atoms with E-state index in [4.69, 9.17) is 0 Å². The van der Waals surface area contributed by atoms with Crippen molar-refractivity contribution in [1.82, 2.24) is 10.6 Å². The number of amides is 2. The van der Waals surface area contributed by atoms with E-state index in [9.17, 15) is 23.1 Å². The van der Waals surface area contributed by atoms with E-state index in [-0.39, 0.29) is 19.4 Å². The molecule has 8 heteroatoms. The highest BCUT2D eigenvalue weighted by Gasteiger charge is 2.42. The fraction of sp³-hybridized carbons (Fsp3) is 0.643. The molecule has 1 aliphatic rings. The fourth-order valence-corrected chi connectivity index (χ4v) is 3.34. The maximum atomic E-state index is 12.7. The van der Waals surface area contributed by atoms with E-state index in [1.807, 2.05) is 5.38 Å². The van der Waals surface area contributed by atoms with Gasteiger partial charge in [-0.3, -0.25) is 0 Å². The lowest BCUT2D eigenvalue weighted by molar-refractivity contribution is -0.183. The monoisotopic (exact) mass is 336 g/mol. The van der Waals surface area contributed by atoms with Gasteiger partial charge >= 0.3 is 12.2 Å². The molecule has 0 aliphatic heterocycles. The van der Waals surface area contributed by atoms with E-state index in [2.05, 4.69) is 10.6 Å². The molecule has 4 nitrogen and oxygen atoms in total. The quantitative estimate of drug-likeness (QED) is 0.791. The smallest absolute Gasteiger partial charge is 0.386 e. The van der Waals surface area contributed by atoms with Gasteiger partial charge in [-0.2, -0.15) is 13.2 Å². The van der Waals surface area contributed by atoms with E-state index >= 15 is 0 Å². The maximum absolute atomic E-state index is 12.7. The first-order valence-corrected chi connectivity index (χ1v) is 8.06. The minimum atomic E-state index is -4.20. The van der Waals surface area contributed by atoms with Gasteiger partial charge in [-0.15, -0.1) is 11.3 Å². The van der Waals surface area contributed by atoms with Gasteiger partial charge in [-0.1, -0.05) is 12.5 Å². The molecule has 1 aliphatic carbocycles. The largest absolute Gasteiger partial charge is 0.391 e. The summed E-state index contributed by atoms with van der Waals surface area (Å²) in [4.78, 5) is 12.5. The lowest BCUT2D eigenvalue weighted by atomic mass is 9.85. The second-order valence-corrected chi connectivity index (χ2v) is 6.47. The van der Waals surface area contributed by atoms with Crippen molar-refractivity contribution < 1.29 is 23.1 Å². The van der Waals surface area contributed by atoms with Crippen LogP contribution in [0.2, 0.25) is 0 Å². The minimum absolute atomic E-state index is 0.0295. The average molecular weight is 336 g/mol. The second-order valence-electron chi connectivity index (χ2n) is 5.49. The summed E-state index contributed by atoms with van der Waals surface area (Å²) in [6, 6.07) is 2.54. The molecule has 0 saturated heterocycles. The number of urea groups is 1. The Morgan fingerprint density at radius 1 is 1.45 bits per heavy atom. The van der Waals surface area contributed by atoms with Crippen molar-refractivity contribution in [3.8, 4) is 0 Å². The third-order valence-electron chi connectivity index (χ3n) is 3.80. The Bertz CT molecular complexity index is 479. The highest BCUT2D eigenvalue weighted by atomic mass is 32.1. The van der Waals surface area contributed by atoms with Crippen molar-refractivity contribution in [3.63, 3.8) is 0 Å². The number of nitrogens with one attached hydrogen (secondary N) is 2. The molecule has 2 rings (SSSR count). The van der Waals surface area contributed by atoms with Gasteiger partial charge in [0, 0.05) is 10.9 Å². The molecule has 1 heterocycles. The number of aliphatic hydroxyl groups excluding tert-OH is 1. The number of hydrogen-bond acceptors (Lipinski definition) is 3. The first-order chi connectivity index (χ1) is 10.4. The highest BCUT2D eigenvalue weighted by Crippen LogP contribution is 2.37. The van der Waals surface area contributed by atoms with Crippen LogP contribution in [0.4, 0.5) is 18.0 Å². The molecule has 1 fully saturated rings. The zero-order valence-electron chi connectivity index (χ0n) is 11.9. The summed E-state index contributed by atoms with van der Waals surface area (Å²) in [6.07, 6.45) is -3.96. The molecule has 1 aromatic rings. The maximum Gasteiger partial charge on any atom is 0.391 e. The lowest BCUT2D eigenvalue weighted by Gasteiger charge is -2.31. The predicted octanol–water partition coefficient (Wildman–Crippen LogP) is 3.20. The van der Waals surface area contributed by atoms with Crippen LogP contribution in [0.25, 0.3) is 0 Å². The number of rotatable bonds is 4. The SMILES string of the molecule is O=C(NC[C@H](O)c1cccs1)N[C@@H]1CCC[C@H](C(F)(F)F)C1. The van der Waals surface area contributed by atoms with E-state index in [0.717, 1.165) is 4.88 Å². The Morgan fingerprint density at radius 2 is 2.23 bits per heavy atom. The molecule has 0 bridgehead atoms. The van der Waals surface area contributed by atoms with E-state index in [0.29, 0.717) is 12.8 Å². The molecule has 22 heavy (non-hydrogen) atoms. The summed E-state index contributed by atoms with van der Waals surface area (Å²) in [5.41, 5.74) is 0. The van der Waals surface area contributed by atoms with Crippen molar-refractivity contribution >= 4 is 17.4 Å². The Kier molecular flexibility index (Phi) is 5.69. The number of carbonyl (C=O) groups is 1. The van der Waals surface area contributed by atoms with E-state index in [1.165, 1.54) is 11.3 Å². The number of aliphatic hydroxyl groups is 1.